The number of hydrogen-bond acceptors (Lipinski definition) is 12. The fraction of sp³-hybridized carbons (Fsp3) is 0.707. The van der Waals surface area contributed by atoms with Crippen molar-refractivity contribution >= 4 is 53.3 Å². The molecule has 0 fully saturated rings. The Hall–Kier alpha value is -6.04. The van der Waals surface area contributed by atoms with Crippen LogP contribution in [0.2, 0.25) is 0 Å². The lowest BCUT2D eigenvalue weighted by Crippen LogP contribution is -2.61. The molecule has 0 aliphatic rings. The number of nitrogens with zero attached hydrogens (tertiary/aromatic N) is 3. The van der Waals surface area contributed by atoms with Gasteiger partial charge in [-0.3, -0.25) is 38.8 Å². The molecule has 1 aromatic rings. The number of aromatic amines is 1. The van der Waals surface area contributed by atoms with E-state index < -0.39 is 95.5 Å². The predicted molar refractivity (Wildman–Crippen MR) is 246 cm³/mol. The van der Waals surface area contributed by atoms with E-state index in [2.05, 4.69) is 51.9 Å². The number of hydrogen-bond donors (Lipinski definition) is 14. The highest BCUT2D eigenvalue weighted by Gasteiger charge is 2.35. The largest absolute Gasteiger partial charge is 0.480 e. The molecule has 0 saturated carbocycles. The Kier molecular flexibility index (Phi) is 26.4. The zero-order valence-corrected chi connectivity index (χ0v) is 38.7. The first-order chi connectivity index (χ1) is 30.6. The number of nitrogens with two attached hydrogens (primary N) is 6. The summed E-state index contributed by atoms with van der Waals surface area (Å²) in [6.45, 7) is 11.1. The van der Waals surface area contributed by atoms with E-state index in [0.29, 0.717) is 37.9 Å². The van der Waals surface area contributed by atoms with E-state index in [4.69, 9.17) is 34.4 Å². The summed E-state index contributed by atoms with van der Waals surface area (Å²) >= 11 is 0. The number of carbonyl (C=O) groups is 7. The second kappa shape index (κ2) is 30.2. The summed E-state index contributed by atoms with van der Waals surface area (Å²) in [5.74, 6) is -6.79. The highest BCUT2D eigenvalue weighted by atomic mass is 16.4. The highest BCUT2D eigenvalue weighted by molar-refractivity contribution is 5.97. The van der Waals surface area contributed by atoms with E-state index >= 15 is 0 Å². The number of aliphatic carboxylic acids is 1. The first-order valence-corrected chi connectivity index (χ1v) is 22.2. The predicted octanol–water partition coefficient (Wildman–Crippen LogP) is -2.74. The summed E-state index contributed by atoms with van der Waals surface area (Å²) in [7, 11) is 0. The summed E-state index contributed by atoms with van der Waals surface area (Å²) in [6.07, 6.45) is 5.12. The molecule has 0 radical (unpaired) electrons. The molecule has 65 heavy (non-hydrogen) atoms. The average molecular weight is 921 g/mol. The zero-order chi connectivity index (χ0) is 49.2. The van der Waals surface area contributed by atoms with E-state index in [1.54, 1.807) is 27.7 Å². The highest BCUT2D eigenvalue weighted by Crippen LogP contribution is 2.13. The number of aromatic nitrogens is 2. The van der Waals surface area contributed by atoms with Gasteiger partial charge in [0.15, 0.2) is 11.9 Å². The van der Waals surface area contributed by atoms with Crippen molar-refractivity contribution in [3.63, 3.8) is 0 Å². The molecule has 8 atom stereocenters. The SMILES string of the molecule is CC[C@H](C)[C@H](NC(=O)[C@H](CCCCN)NC(=O)[C@@H](NC(=O)[C@H](CCCN=C(N)N)NC(=O)[C@H](CCCN=C(N)N)NC(=O)[C@H](Cc1cnc[nH]1)NC(=O)[C@@H](N)CC(C)C)C(C)C)C(=O)O. The van der Waals surface area contributed by atoms with Crippen LogP contribution in [0.4, 0.5) is 0 Å². The number of guanidine groups is 2. The Bertz CT molecular complexity index is 1720. The van der Waals surface area contributed by atoms with Crippen LogP contribution in [-0.4, -0.2) is 130 Å². The Morgan fingerprint density at radius 1 is 0.662 bits per heavy atom. The molecule has 6 amide bonds. The van der Waals surface area contributed by atoms with Crippen LogP contribution in [0.15, 0.2) is 22.5 Å². The van der Waals surface area contributed by atoms with Crippen LogP contribution in [-0.2, 0) is 40.0 Å². The second-order valence-electron chi connectivity index (χ2n) is 16.9. The summed E-state index contributed by atoms with van der Waals surface area (Å²) in [5.41, 5.74) is 34.3. The van der Waals surface area contributed by atoms with Gasteiger partial charge in [0.2, 0.25) is 35.4 Å². The fourth-order valence-corrected chi connectivity index (χ4v) is 6.56. The van der Waals surface area contributed by atoms with Crippen molar-refractivity contribution in [2.75, 3.05) is 19.6 Å². The molecule has 0 aliphatic heterocycles. The van der Waals surface area contributed by atoms with Gasteiger partial charge in [0, 0.05) is 31.4 Å². The summed E-state index contributed by atoms with van der Waals surface area (Å²) < 4.78 is 0. The number of rotatable bonds is 32. The molecule has 0 aliphatic carbocycles. The molecule has 0 spiro atoms. The average Bonchev–Trinajstić information content (AvgIpc) is 3.75. The van der Waals surface area contributed by atoms with Crippen LogP contribution >= 0.6 is 0 Å². The third kappa shape index (κ3) is 22.4. The van der Waals surface area contributed by atoms with Crippen LogP contribution in [0.1, 0.15) is 105 Å². The molecule has 0 aromatic carbocycles. The van der Waals surface area contributed by atoms with Crippen molar-refractivity contribution in [2.45, 2.75) is 148 Å². The molecule has 0 bridgehead atoms. The zero-order valence-electron chi connectivity index (χ0n) is 38.7. The molecule has 24 heteroatoms. The minimum Gasteiger partial charge on any atom is -0.480 e. The number of carboxylic acid groups (broad SMARTS) is 1. The van der Waals surface area contributed by atoms with Crippen molar-refractivity contribution in [1.29, 1.82) is 0 Å². The Balaban J connectivity index is 3.52. The molecule has 368 valence electrons. The molecule has 1 aromatic heterocycles. The minimum absolute atomic E-state index is 0.0152. The number of amides is 6. The van der Waals surface area contributed by atoms with Gasteiger partial charge in [-0.05, 0) is 75.7 Å². The van der Waals surface area contributed by atoms with E-state index in [1.165, 1.54) is 12.5 Å². The van der Waals surface area contributed by atoms with Crippen LogP contribution in [0.25, 0.3) is 0 Å². The molecular weight excluding hydrogens is 845 g/mol. The van der Waals surface area contributed by atoms with Gasteiger partial charge in [0.1, 0.15) is 36.3 Å². The van der Waals surface area contributed by atoms with Crippen molar-refractivity contribution < 1.29 is 38.7 Å². The Morgan fingerprint density at radius 2 is 1.12 bits per heavy atom. The van der Waals surface area contributed by atoms with Gasteiger partial charge in [-0.25, -0.2) is 9.78 Å². The van der Waals surface area contributed by atoms with Gasteiger partial charge < -0.3 is 76.4 Å². The van der Waals surface area contributed by atoms with E-state index in [9.17, 15) is 38.7 Å². The molecular formula is C41H76N16O8. The number of carbonyl (C=O) groups excluding carboxylic acids is 6. The molecule has 24 nitrogen and oxygen atoms in total. The lowest BCUT2D eigenvalue weighted by atomic mass is 9.98. The number of nitrogens with one attached hydrogen (secondary N) is 7. The van der Waals surface area contributed by atoms with Gasteiger partial charge in [-0.1, -0.05) is 48.0 Å². The van der Waals surface area contributed by atoms with Crippen molar-refractivity contribution in [1.82, 2.24) is 41.9 Å². The van der Waals surface area contributed by atoms with Crippen molar-refractivity contribution in [2.24, 2.45) is 62.1 Å². The quantitative estimate of drug-likeness (QED) is 0.0198. The van der Waals surface area contributed by atoms with Crippen LogP contribution in [0, 0.1) is 17.8 Å². The maximum Gasteiger partial charge on any atom is 0.326 e. The second-order valence-corrected chi connectivity index (χ2v) is 16.9. The molecule has 20 N–H and O–H groups in total. The lowest BCUT2D eigenvalue weighted by Gasteiger charge is -2.29. The smallest absolute Gasteiger partial charge is 0.326 e. The van der Waals surface area contributed by atoms with Crippen LogP contribution in [0.5, 0.6) is 0 Å². The van der Waals surface area contributed by atoms with E-state index in [0.717, 1.165) is 0 Å². The monoisotopic (exact) mass is 921 g/mol. The third-order valence-corrected chi connectivity index (χ3v) is 10.4. The number of carboxylic acids is 1. The Labute approximate surface area is 381 Å². The molecule has 0 saturated heterocycles. The number of imidazole rings is 1. The summed E-state index contributed by atoms with van der Waals surface area (Å²) in [5, 5.41) is 25.8. The third-order valence-electron chi connectivity index (χ3n) is 10.4. The first kappa shape index (κ1) is 57.0. The van der Waals surface area contributed by atoms with Crippen molar-refractivity contribution in [3.8, 4) is 0 Å². The van der Waals surface area contributed by atoms with Crippen LogP contribution < -0.4 is 66.3 Å². The number of H-pyrrole nitrogens is 1. The lowest BCUT2D eigenvalue weighted by molar-refractivity contribution is -0.144. The van der Waals surface area contributed by atoms with Crippen LogP contribution in [0.3, 0.4) is 0 Å². The number of aliphatic imine (C=N–C) groups is 2. The van der Waals surface area contributed by atoms with Gasteiger partial charge >= 0.3 is 5.97 Å². The number of unbranched alkanes of at least 4 members (excludes halogenated alkanes) is 1. The van der Waals surface area contributed by atoms with E-state index in [1.807, 2.05) is 13.8 Å². The fourth-order valence-electron chi connectivity index (χ4n) is 6.56. The topological polar surface area (TPSA) is 421 Å². The van der Waals surface area contributed by atoms with Crippen molar-refractivity contribution in [3.05, 3.63) is 18.2 Å². The first-order valence-electron chi connectivity index (χ1n) is 22.2. The normalized spacial score (nSPS) is 14.9. The van der Waals surface area contributed by atoms with E-state index in [-0.39, 0.29) is 69.5 Å². The molecule has 1 heterocycles. The maximum atomic E-state index is 14.2. The molecule has 1 rings (SSSR count). The van der Waals surface area contributed by atoms with Gasteiger partial charge in [-0.2, -0.15) is 0 Å². The minimum atomic E-state index is -1.31. The van der Waals surface area contributed by atoms with Gasteiger partial charge in [0.05, 0.1) is 12.4 Å². The van der Waals surface area contributed by atoms with Gasteiger partial charge in [0.25, 0.3) is 0 Å². The standard InChI is InChI=1S/C41H76N16O8/c1-7-24(6)32(39(64)65)57-36(61)27(12-8-9-15-42)54-38(63)31(23(4)5)56-35(60)29(14-11-17-50-41(46)47)52-34(59)28(13-10-16-49-40(44)45)53-37(62)30(19-25-20-48-21-51-25)55-33(58)26(43)18-22(2)3/h20-24,26-32H,7-19,42-43H2,1-6H3,(H,48,51)(H,52,59)(H,53,62)(H,54,63)(H,55,58)(H,56,60)(H,57,61)(H,64,65)(H4,44,45,49)(H4,46,47,50)/t24-,26-,27-,28-,29-,30-,31-,32-/m0/s1. The summed E-state index contributed by atoms with van der Waals surface area (Å²) in [4.78, 5) is 110. The summed E-state index contributed by atoms with van der Waals surface area (Å²) in [6, 6.07) is -8.34. The maximum absolute atomic E-state index is 14.2. The Morgan fingerprint density at radius 3 is 1.55 bits per heavy atom. The van der Waals surface area contributed by atoms with Gasteiger partial charge in [-0.15, -0.1) is 0 Å². The molecule has 0 unspecified atom stereocenters.